The van der Waals surface area contributed by atoms with Crippen molar-refractivity contribution in [3.8, 4) is 0 Å². The second kappa shape index (κ2) is 7.41. The van der Waals surface area contributed by atoms with E-state index in [0.717, 1.165) is 44.6 Å². The van der Waals surface area contributed by atoms with Crippen molar-refractivity contribution < 1.29 is 9.53 Å². The van der Waals surface area contributed by atoms with Gasteiger partial charge in [-0.2, -0.15) is 0 Å². The van der Waals surface area contributed by atoms with E-state index >= 15 is 0 Å². The van der Waals surface area contributed by atoms with Crippen molar-refractivity contribution in [3.63, 3.8) is 0 Å². The van der Waals surface area contributed by atoms with Crippen LogP contribution < -0.4 is 0 Å². The highest BCUT2D eigenvalue weighted by Crippen LogP contribution is 2.10. The first-order chi connectivity index (χ1) is 9.29. The fourth-order valence-electron chi connectivity index (χ4n) is 2.46. The van der Waals surface area contributed by atoms with Gasteiger partial charge in [-0.3, -0.25) is 9.69 Å². The van der Waals surface area contributed by atoms with Gasteiger partial charge in [0.2, 0.25) is 0 Å². The average Bonchev–Trinajstić information content (AvgIpc) is 2.48. The average molecular weight is 261 g/mol. The molecule has 1 heterocycles. The largest absolute Gasteiger partial charge is 0.376 e. The molecule has 1 unspecified atom stereocenters. The Hall–Kier alpha value is -1.19. The molecular weight excluding hydrogens is 238 g/mol. The number of hydrogen-bond acceptors (Lipinski definition) is 3. The first kappa shape index (κ1) is 14.2. The van der Waals surface area contributed by atoms with Gasteiger partial charge < -0.3 is 4.74 Å². The third-order valence-corrected chi connectivity index (χ3v) is 3.65. The van der Waals surface area contributed by atoms with Gasteiger partial charge in [0.05, 0.1) is 12.7 Å². The van der Waals surface area contributed by atoms with Crippen LogP contribution in [-0.4, -0.2) is 43.0 Å². The van der Waals surface area contributed by atoms with Gasteiger partial charge in [0.15, 0.2) is 5.78 Å². The molecule has 1 aliphatic rings. The van der Waals surface area contributed by atoms with Crippen molar-refractivity contribution in [2.75, 3.05) is 26.2 Å². The van der Waals surface area contributed by atoms with Gasteiger partial charge in [0.1, 0.15) is 0 Å². The minimum atomic E-state index is 0.251. The van der Waals surface area contributed by atoms with Crippen molar-refractivity contribution in [3.05, 3.63) is 35.9 Å². The van der Waals surface area contributed by atoms with E-state index in [1.807, 2.05) is 30.3 Å². The smallest absolute Gasteiger partial charge is 0.162 e. The summed E-state index contributed by atoms with van der Waals surface area (Å²) in [6.45, 7) is 5.99. The Bertz CT molecular complexity index is 391. The molecule has 1 saturated heterocycles. The summed E-state index contributed by atoms with van der Waals surface area (Å²) in [5, 5.41) is 0. The zero-order valence-corrected chi connectivity index (χ0v) is 11.7. The van der Waals surface area contributed by atoms with E-state index in [4.69, 9.17) is 4.74 Å². The first-order valence-corrected chi connectivity index (χ1v) is 7.22. The topological polar surface area (TPSA) is 29.5 Å². The van der Waals surface area contributed by atoms with E-state index in [1.165, 1.54) is 0 Å². The number of nitrogens with zero attached hydrogens (tertiary/aromatic N) is 1. The van der Waals surface area contributed by atoms with Gasteiger partial charge in [0.25, 0.3) is 0 Å². The van der Waals surface area contributed by atoms with Crippen LogP contribution in [0, 0.1) is 0 Å². The van der Waals surface area contributed by atoms with E-state index in [-0.39, 0.29) is 5.78 Å². The highest BCUT2D eigenvalue weighted by atomic mass is 16.5. The molecule has 0 radical (unpaired) electrons. The molecule has 0 spiro atoms. The molecule has 1 fully saturated rings. The lowest BCUT2D eigenvalue weighted by Crippen LogP contribution is -2.42. The van der Waals surface area contributed by atoms with E-state index in [0.29, 0.717) is 12.5 Å². The molecule has 0 N–H and O–H groups in total. The van der Waals surface area contributed by atoms with Crippen LogP contribution in [0.2, 0.25) is 0 Å². The molecule has 0 bridgehead atoms. The Morgan fingerprint density at radius 2 is 2.16 bits per heavy atom. The molecule has 0 amide bonds. The molecule has 3 heteroatoms. The predicted molar refractivity (Wildman–Crippen MR) is 76.5 cm³/mol. The van der Waals surface area contributed by atoms with Gasteiger partial charge >= 0.3 is 0 Å². The highest BCUT2D eigenvalue weighted by molar-refractivity contribution is 5.95. The number of carbonyl (C=O) groups is 1. The quantitative estimate of drug-likeness (QED) is 0.737. The summed E-state index contributed by atoms with van der Waals surface area (Å²) in [6, 6.07) is 9.56. The summed E-state index contributed by atoms with van der Waals surface area (Å²) in [5.41, 5.74) is 0.830. The van der Waals surface area contributed by atoms with E-state index in [9.17, 15) is 4.79 Å². The number of morpholine rings is 1. The molecule has 0 aliphatic carbocycles. The summed E-state index contributed by atoms with van der Waals surface area (Å²) in [5.74, 6) is 0.251. The van der Waals surface area contributed by atoms with Gasteiger partial charge in [-0.15, -0.1) is 0 Å². The van der Waals surface area contributed by atoms with Crippen LogP contribution in [0.15, 0.2) is 30.3 Å². The standard InChI is InChI=1S/C16H23NO2/c1-2-15-13-17(11-12-19-15)10-6-9-16(18)14-7-4-3-5-8-14/h3-5,7-8,15H,2,6,9-13H2,1H3. The Balaban J connectivity index is 1.70. The highest BCUT2D eigenvalue weighted by Gasteiger charge is 2.18. The maximum Gasteiger partial charge on any atom is 0.162 e. The molecule has 0 aromatic heterocycles. The first-order valence-electron chi connectivity index (χ1n) is 7.22. The lowest BCUT2D eigenvalue weighted by Gasteiger charge is -2.32. The fraction of sp³-hybridized carbons (Fsp3) is 0.562. The summed E-state index contributed by atoms with van der Waals surface area (Å²) in [4.78, 5) is 14.4. The monoisotopic (exact) mass is 261 g/mol. The lowest BCUT2D eigenvalue weighted by molar-refractivity contribution is -0.0298. The van der Waals surface area contributed by atoms with Crippen LogP contribution in [0.25, 0.3) is 0 Å². The number of ether oxygens (including phenoxy) is 1. The molecule has 1 atom stereocenters. The van der Waals surface area contributed by atoms with Crippen LogP contribution >= 0.6 is 0 Å². The van der Waals surface area contributed by atoms with Crippen LogP contribution in [0.3, 0.4) is 0 Å². The second-order valence-electron chi connectivity index (χ2n) is 5.09. The molecule has 19 heavy (non-hydrogen) atoms. The summed E-state index contributed by atoms with van der Waals surface area (Å²) in [6.07, 6.45) is 3.01. The number of hydrogen-bond donors (Lipinski definition) is 0. The second-order valence-corrected chi connectivity index (χ2v) is 5.09. The molecule has 3 nitrogen and oxygen atoms in total. The Morgan fingerprint density at radius 3 is 2.89 bits per heavy atom. The van der Waals surface area contributed by atoms with E-state index < -0.39 is 0 Å². The third-order valence-electron chi connectivity index (χ3n) is 3.65. The molecule has 1 aromatic rings. The maximum atomic E-state index is 12.0. The van der Waals surface area contributed by atoms with Gasteiger partial charge in [-0.1, -0.05) is 37.3 Å². The minimum absolute atomic E-state index is 0.251. The minimum Gasteiger partial charge on any atom is -0.376 e. The van der Waals surface area contributed by atoms with Gasteiger partial charge in [-0.05, 0) is 19.4 Å². The van der Waals surface area contributed by atoms with Crippen LogP contribution in [0.1, 0.15) is 36.5 Å². The molecular formula is C16H23NO2. The van der Waals surface area contributed by atoms with Gasteiger partial charge in [0, 0.05) is 25.1 Å². The Labute approximate surface area is 115 Å². The molecule has 0 saturated carbocycles. The van der Waals surface area contributed by atoms with E-state index in [1.54, 1.807) is 0 Å². The molecule has 1 aromatic carbocycles. The normalized spacial score (nSPS) is 20.4. The predicted octanol–water partition coefficient (Wildman–Crippen LogP) is 2.76. The summed E-state index contributed by atoms with van der Waals surface area (Å²) in [7, 11) is 0. The number of benzene rings is 1. The molecule has 2 rings (SSSR count). The zero-order valence-electron chi connectivity index (χ0n) is 11.7. The zero-order chi connectivity index (χ0) is 13.5. The number of rotatable bonds is 6. The third kappa shape index (κ3) is 4.44. The van der Waals surface area contributed by atoms with Crippen molar-refractivity contribution in [2.24, 2.45) is 0 Å². The molecule has 104 valence electrons. The van der Waals surface area contributed by atoms with Crippen molar-refractivity contribution >= 4 is 5.78 Å². The fourth-order valence-corrected chi connectivity index (χ4v) is 2.46. The van der Waals surface area contributed by atoms with Crippen LogP contribution in [-0.2, 0) is 4.74 Å². The Kier molecular flexibility index (Phi) is 5.55. The van der Waals surface area contributed by atoms with Crippen molar-refractivity contribution in [1.29, 1.82) is 0 Å². The number of Topliss-reactive ketones (excluding diaryl/α,β-unsaturated/α-hetero) is 1. The van der Waals surface area contributed by atoms with E-state index in [2.05, 4.69) is 11.8 Å². The lowest BCUT2D eigenvalue weighted by atomic mass is 10.1. The van der Waals surface area contributed by atoms with Crippen molar-refractivity contribution in [2.45, 2.75) is 32.3 Å². The Morgan fingerprint density at radius 1 is 1.37 bits per heavy atom. The maximum absolute atomic E-state index is 12.0. The number of ketones is 1. The summed E-state index contributed by atoms with van der Waals surface area (Å²) < 4.78 is 5.65. The van der Waals surface area contributed by atoms with Crippen LogP contribution in [0.5, 0.6) is 0 Å². The number of carbonyl (C=O) groups excluding carboxylic acids is 1. The van der Waals surface area contributed by atoms with Crippen LogP contribution in [0.4, 0.5) is 0 Å². The van der Waals surface area contributed by atoms with Crippen molar-refractivity contribution in [1.82, 2.24) is 4.90 Å². The van der Waals surface area contributed by atoms with Gasteiger partial charge in [-0.25, -0.2) is 0 Å². The molecule has 1 aliphatic heterocycles. The SMILES string of the molecule is CCC1CN(CCCC(=O)c2ccccc2)CCO1. The summed E-state index contributed by atoms with van der Waals surface area (Å²) >= 11 is 0.